The van der Waals surface area contributed by atoms with E-state index in [0.29, 0.717) is 31.0 Å². The number of fused-ring (bicyclic) bond motifs is 1. The third kappa shape index (κ3) is 5.00. The van der Waals surface area contributed by atoms with Crippen molar-refractivity contribution < 1.29 is 13.2 Å². The van der Waals surface area contributed by atoms with E-state index in [1.165, 1.54) is 5.56 Å². The Kier molecular flexibility index (Phi) is 7.05. The number of thiazole rings is 1. The average Bonchev–Trinajstić information content (AvgIpc) is 3.54. The van der Waals surface area contributed by atoms with Gasteiger partial charge in [0.05, 0.1) is 16.7 Å². The summed E-state index contributed by atoms with van der Waals surface area (Å²) in [7, 11) is -3.68. The minimum Gasteiger partial charge on any atom is -0.377 e. The summed E-state index contributed by atoms with van der Waals surface area (Å²) < 4.78 is 37.5. The molecule has 2 aromatic carbocycles. The van der Waals surface area contributed by atoms with Crippen molar-refractivity contribution in [2.24, 2.45) is 0 Å². The van der Waals surface area contributed by atoms with Crippen LogP contribution >= 0.6 is 11.3 Å². The predicted octanol–water partition coefficient (Wildman–Crippen LogP) is 5.71. The van der Waals surface area contributed by atoms with Crippen LogP contribution in [-0.2, 0) is 21.2 Å². The zero-order valence-electron chi connectivity index (χ0n) is 21.3. The number of aryl methyl sites for hydroxylation is 4. The van der Waals surface area contributed by atoms with Crippen LogP contribution in [0.4, 0.5) is 0 Å². The Morgan fingerprint density at radius 2 is 1.81 bits per heavy atom. The van der Waals surface area contributed by atoms with Crippen molar-refractivity contribution in [1.82, 2.24) is 13.7 Å². The van der Waals surface area contributed by atoms with Crippen LogP contribution in [0.2, 0.25) is 0 Å². The molecule has 4 aromatic rings. The second-order valence-electron chi connectivity index (χ2n) is 9.85. The van der Waals surface area contributed by atoms with Crippen LogP contribution < -0.4 is 0 Å². The molecule has 36 heavy (non-hydrogen) atoms. The first-order valence-electron chi connectivity index (χ1n) is 12.4. The molecule has 0 aliphatic carbocycles. The third-order valence-corrected chi connectivity index (χ3v) is 9.94. The van der Waals surface area contributed by atoms with Gasteiger partial charge in [-0.05, 0) is 51.7 Å². The van der Waals surface area contributed by atoms with E-state index in [2.05, 4.69) is 47.2 Å². The number of sulfonamides is 1. The van der Waals surface area contributed by atoms with Crippen LogP contribution in [0.1, 0.15) is 40.8 Å². The molecule has 1 aliphatic heterocycles. The summed E-state index contributed by atoms with van der Waals surface area (Å²) in [6, 6.07) is 12.3. The summed E-state index contributed by atoms with van der Waals surface area (Å²) in [6.45, 7) is 9.31. The fourth-order valence-corrected chi connectivity index (χ4v) is 7.93. The Labute approximate surface area is 217 Å². The lowest BCUT2D eigenvalue weighted by atomic mass is 10.1. The van der Waals surface area contributed by atoms with E-state index in [9.17, 15) is 8.42 Å². The summed E-state index contributed by atoms with van der Waals surface area (Å²) in [5.41, 5.74) is 6.94. The van der Waals surface area contributed by atoms with Gasteiger partial charge in [0, 0.05) is 49.0 Å². The number of ether oxygens (including phenoxy) is 1. The van der Waals surface area contributed by atoms with Gasteiger partial charge < -0.3 is 4.74 Å². The van der Waals surface area contributed by atoms with E-state index in [0.717, 1.165) is 51.4 Å². The average molecular weight is 524 g/mol. The quantitative estimate of drug-likeness (QED) is 0.297. The first-order chi connectivity index (χ1) is 17.2. The van der Waals surface area contributed by atoms with Gasteiger partial charge in [0.25, 0.3) is 0 Å². The number of imidazole rings is 1. The van der Waals surface area contributed by atoms with Gasteiger partial charge in [-0.2, -0.15) is 4.31 Å². The smallest absolute Gasteiger partial charge is 0.243 e. The molecule has 0 N–H and O–H groups in total. The van der Waals surface area contributed by atoms with Gasteiger partial charge in [-0.25, -0.2) is 13.4 Å². The van der Waals surface area contributed by atoms with E-state index in [1.807, 2.05) is 32.9 Å². The van der Waals surface area contributed by atoms with Crippen LogP contribution in [0.25, 0.3) is 16.2 Å². The van der Waals surface area contributed by atoms with E-state index < -0.39 is 10.0 Å². The number of hydrogen-bond donors (Lipinski definition) is 0. The molecule has 1 aliphatic rings. The van der Waals surface area contributed by atoms with Crippen molar-refractivity contribution in [2.45, 2.75) is 58.0 Å². The van der Waals surface area contributed by atoms with Crippen molar-refractivity contribution in [3.63, 3.8) is 0 Å². The monoisotopic (exact) mass is 523 g/mol. The maximum absolute atomic E-state index is 14.0. The third-order valence-electron chi connectivity index (χ3n) is 6.88. The van der Waals surface area contributed by atoms with Gasteiger partial charge in [-0.1, -0.05) is 47.5 Å². The van der Waals surface area contributed by atoms with Gasteiger partial charge in [-0.3, -0.25) is 4.40 Å². The van der Waals surface area contributed by atoms with Crippen LogP contribution in [0, 0.1) is 27.7 Å². The van der Waals surface area contributed by atoms with E-state index in [1.54, 1.807) is 15.6 Å². The van der Waals surface area contributed by atoms with E-state index in [4.69, 9.17) is 9.72 Å². The number of aromatic nitrogens is 2. The minimum absolute atomic E-state index is 0.0604. The standard InChI is InChI=1S/C28H33N3O3S2/c1-19-7-9-23(10-8-19)26-17-31-24(18-35-28(31)29-26)11-12-30(16-25-6-5-13-34-25)36(32,33)27-21(3)14-20(2)15-22(27)4/h7-10,14-15,17-18,25H,5-6,11-13,16H2,1-4H3. The van der Waals surface area contributed by atoms with Crippen molar-refractivity contribution in [3.05, 3.63) is 75.9 Å². The highest BCUT2D eigenvalue weighted by Crippen LogP contribution is 2.28. The van der Waals surface area contributed by atoms with Gasteiger partial charge in [0.2, 0.25) is 10.0 Å². The van der Waals surface area contributed by atoms with Crippen molar-refractivity contribution in [3.8, 4) is 11.3 Å². The Bertz CT molecular complexity index is 1460. The molecule has 0 radical (unpaired) electrons. The number of benzene rings is 2. The molecular formula is C28H33N3O3S2. The fourth-order valence-electron chi connectivity index (χ4n) is 5.14. The molecule has 5 rings (SSSR count). The molecule has 190 valence electrons. The molecule has 3 heterocycles. The Morgan fingerprint density at radius 3 is 2.47 bits per heavy atom. The van der Waals surface area contributed by atoms with E-state index >= 15 is 0 Å². The second-order valence-corrected chi connectivity index (χ2v) is 12.6. The summed E-state index contributed by atoms with van der Waals surface area (Å²) >= 11 is 1.59. The highest BCUT2D eigenvalue weighted by atomic mass is 32.2. The molecule has 1 atom stereocenters. The van der Waals surface area contributed by atoms with Crippen LogP contribution in [0.5, 0.6) is 0 Å². The molecule has 0 amide bonds. The van der Waals surface area contributed by atoms with Crippen LogP contribution in [0.15, 0.2) is 52.9 Å². The highest BCUT2D eigenvalue weighted by Gasteiger charge is 2.31. The Morgan fingerprint density at radius 1 is 1.08 bits per heavy atom. The van der Waals surface area contributed by atoms with Crippen molar-refractivity contribution >= 4 is 26.3 Å². The van der Waals surface area contributed by atoms with Crippen LogP contribution in [0.3, 0.4) is 0 Å². The highest BCUT2D eigenvalue weighted by molar-refractivity contribution is 7.89. The summed E-state index contributed by atoms with van der Waals surface area (Å²) in [5, 5.41) is 2.08. The molecule has 8 heteroatoms. The molecule has 2 aromatic heterocycles. The van der Waals surface area contributed by atoms with Crippen molar-refractivity contribution in [1.29, 1.82) is 0 Å². The molecule has 1 unspecified atom stereocenters. The number of nitrogens with zero attached hydrogens (tertiary/aromatic N) is 3. The fraction of sp³-hybridized carbons (Fsp3) is 0.393. The first-order valence-corrected chi connectivity index (χ1v) is 14.8. The lowest BCUT2D eigenvalue weighted by molar-refractivity contribution is 0.0939. The predicted molar refractivity (Wildman–Crippen MR) is 145 cm³/mol. The molecule has 1 saturated heterocycles. The van der Waals surface area contributed by atoms with Crippen molar-refractivity contribution in [2.75, 3.05) is 19.7 Å². The van der Waals surface area contributed by atoms with E-state index in [-0.39, 0.29) is 6.10 Å². The first kappa shape index (κ1) is 25.1. The number of hydrogen-bond acceptors (Lipinski definition) is 5. The maximum atomic E-state index is 14.0. The normalized spacial score (nSPS) is 16.4. The minimum atomic E-state index is -3.68. The lowest BCUT2D eigenvalue weighted by Crippen LogP contribution is -2.39. The maximum Gasteiger partial charge on any atom is 0.243 e. The summed E-state index contributed by atoms with van der Waals surface area (Å²) in [5.74, 6) is 0. The van der Waals surface area contributed by atoms with Gasteiger partial charge in [0.15, 0.2) is 4.96 Å². The molecule has 0 saturated carbocycles. The molecule has 1 fully saturated rings. The van der Waals surface area contributed by atoms with Crippen LogP contribution in [-0.4, -0.2) is 47.9 Å². The van der Waals surface area contributed by atoms with Gasteiger partial charge in [-0.15, -0.1) is 11.3 Å². The topological polar surface area (TPSA) is 63.9 Å². The summed E-state index contributed by atoms with van der Waals surface area (Å²) in [4.78, 5) is 6.14. The summed E-state index contributed by atoms with van der Waals surface area (Å²) in [6.07, 6.45) is 4.46. The second kappa shape index (κ2) is 10.1. The Hall–Kier alpha value is -2.52. The van der Waals surface area contributed by atoms with Gasteiger partial charge in [0.1, 0.15) is 0 Å². The Balaban J connectivity index is 1.43. The van der Waals surface area contributed by atoms with Gasteiger partial charge >= 0.3 is 0 Å². The number of rotatable bonds is 8. The zero-order valence-corrected chi connectivity index (χ0v) is 23.0. The molecular weight excluding hydrogens is 490 g/mol. The zero-order chi connectivity index (χ0) is 25.4. The molecule has 0 spiro atoms. The largest absolute Gasteiger partial charge is 0.377 e. The molecule has 0 bridgehead atoms. The lowest BCUT2D eigenvalue weighted by Gasteiger charge is -2.26. The SMILES string of the molecule is Cc1ccc(-c2cn3c(CCN(CC4CCCO4)S(=O)(=O)c4c(C)cc(C)cc4C)csc3n2)cc1. The molecule has 6 nitrogen and oxygen atoms in total.